The van der Waals surface area contributed by atoms with E-state index in [1.807, 2.05) is 0 Å². The zero-order chi connectivity index (χ0) is 10.9. The Bertz CT molecular complexity index is 212. The van der Waals surface area contributed by atoms with Crippen LogP contribution in [0.4, 0.5) is 0 Å². The van der Waals surface area contributed by atoms with Crippen molar-refractivity contribution in [3.63, 3.8) is 0 Å². The highest BCUT2D eigenvalue weighted by Crippen LogP contribution is 2.46. The third kappa shape index (κ3) is 2.19. The van der Waals surface area contributed by atoms with Crippen molar-refractivity contribution in [2.75, 3.05) is 13.2 Å². The molecule has 1 saturated heterocycles. The predicted molar refractivity (Wildman–Crippen MR) is 61.2 cm³/mol. The summed E-state index contributed by atoms with van der Waals surface area (Å²) in [6.45, 7) is 6.56. The summed E-state index contributed by atoms with van der Waals surface area (Å²) in [6, 6.07) is 0.449. The molecule has 3 heteroatoms. The summed E-state index contributed by atoms with van der Waals surface area (Å²) in [5.41, 5.74) is 3.51. The van der Waals surface area contributed by atoms with Gasteiger partial charge in [-0.25, -0.2) is 0 Å². The lowest BCUT2D eigenvalue weighted by atomic mass is 9.73. The topological polar surface area (TPSA) is 47.3 Å². The van der Waals surface area contributed by atoms with Crippen LogP contribution in [0.25, 0.3) is 0 Å². The van der Waals surface area contributed by atoms with E-state index in [1.165, 1.54) is 25.7 Å². The summed E-state index contributed by atoms with van der Waals surface area (Å²) >= 11 is 0. The van der Waals surface area contributed by atoms with Crippen molar-refractivity contribution in [3.8, 4) is 0 Å². The van der Waals surface area contributed by atoms with Gasteiger partial charge in [-0.1, -0.05) is 20.3 Å². The molecule has 0 aromatic heterocycles. The van der Waals surface area contributed by atoms with Gasteiger partial charge in [0.15, 0.2) is 0 Å². The van der Waals surface area contributed by atoms with E-state index in [4.69, 9.17) is 10.6 Å². The van der Waals surface area contributed by atoms with Gasteiger partial charge in [-0.3, -0.25) is 11.3 Å². The quantitative estimate of drug-likeness (QED) is 0.553. The average molecular weight is 212 g/mol. The fourth-order valence-corrected chi connectivity index (χ4v) is 3.44. The fourth-order valence-electron chi connectivity index (χ4n) is 3.44. The number of hydrazine groups is 1. The SMILES string of the molecule is CC1(C)CCCC1C(NN)C1CCOC1. The molecule has 0 radical (unpaired) electrons. The maximum atomic E-state index is 5.75. The minimum absolute atomic E-state index is 0.444. The van der Waals surface area contributed by atoms with Gasteiger partial charge in [-0.05, 0) is 30.6 Å². The van der Waals surface area contributed by atoms with Gasteiger partial charge in [-0.2, -0.15) is 0 Å². The van der Waals surface area contributed by atoms with Crippen LogP contribution in [-0.2, 0) is 4.74 Å². The first-order valence-corrected chi connectivity index (χ1v) is 6.19. The molecule has 1 aliphatic heterocycles. The molecule has 15 heavy (non-hydrogen) atoms. The molecule has 88 valence electrons. The molecule has 2 rings (SSSR count). The Labute approximate surface area is 92.7 Å². The van der Waals surface area contributed by atoms with Crippen LogP contribution in [0.2, 0.25) is 0 Å². The number of hydrogen-bond acceptors (Lipinski definition) is 3. The minimum Gasteiger partial charge on any atom is -0.381 e. The zero-order valence-corrected chi connectivity index (χ0v) is 9.96. The maximum Gasteiger partial charge on any atom is 0.0510 e. The van der Waals surface area contributed by atoms with Crippen molar-refractivity contribution >= 4 is 0 Å². The summed E-state index contributed by atoms with van der Waals surface area (Å²) in [5.74, 6) is 7.09. The molecule has 0 amide bonds. The number of nitrogens with one attached hydrogen (secondary N) is 1. The third-order valence-electron chi connectivity index (χ3n) is 4.44. The summed E-state index contributed by atoms with van der Waals surface area (Å²) in [7, 11) is 0. The van der Waals surface area contributed by atoms with Gasteiger partial charge in [0.1, 0.15) is 0 Å². The average Bonchev–Trinajstić information content (AvgIpc) is 2.78. The van der Waals surface area contributed by atoms with Crippen LogP contribution in [0.15, 0.2) is 0 Å². The van der Waals surface area contributed by atoms with E-state index >= 15 is 0 Å². The van der Waals surface area contributed by atoms with E-state index in [1.54, 1.807) is 0 Å². The van der Waals surface area contributed by atoms with Gasteiger partial charge < -0.3 is 4.74 Å². The first-order valence-electron chi connectivity index (χ1n) is 6.19. The molecule has 2 fully saturated rings. The molecule has 0 aromatic rings. The second kappa shape index (κ2) is 4.40. The van der Waals surface area contributed by atoms with Gasteiger partial charge in [0, 0.05) is 18.6 Å². The van der Waals surface area contributed by atoms with Crippen molar-refractivity contribution in [1.82, 2.24) is 5.43 Å². The first-order chi connectivity index (χ1) is 7.15. The Morgan fingerprint density at radius 2 is 2.20 bits per heavy atom. The lowest BCUT2D eigenvalue weighted by Gasteiger charge is -2.36. The molecule has 0 bridgehead atoms. The van der Waals surface area contributed by atoms with Crippen molar-refractivity contribution in [1.29, 1.82) is 0 Å². The lowest BCUT2D eigenvalue weighted by Crippen LogP contribution is -2.49. The van der Waals surface area contributed by atoms with Crippen LogP contribution >= 0.6 is 0 Å². The first kappa shape index (κ1) is 11.4. The monoisotopic (exact) mass is 212 g/mol. The number of hydrogen-bond donors (Lipinski definition) is 2. The van der Waals surface area contributed by atoms with Gasteiger partial charge in [0.25, 0.3) is 0 Å². The molecular weight excluding hydrogens is 188 g/mol. The van der Waals surface area contributed by atoms with E-state index in [-0.39, 0.29) is 0 Å². The molecule has 3 unspecified atom stereocenters. The van der Waals surface area contributed by atoms with Gasteiger partial charge in [-0.15, -0.1) is 0 Å². The van der Waals surface area contributed by atoms with Crippen LogP contribution in [0.3, 0.4) is 0 Å². The molecule has 3 atom stereocenters. The Kier molecular flexibility index (Phi) is 3.33. The normalized spacial score (nSPS) is 37.0. The molecule has 3 nitrogen and oxygen atoms in total. The molecule has 0 spiro atoms. The van der Waals surface area contributed by atoms with E-state index in [9.17, 15) is 0 Å². The standard InChI is InChI=1S/C12H24N2O/c1-12(2)6-3-4-10(12)11(14-13)9-5-7-15-8-9/h9-11,14H,3-8,13H2,1-2H3. The highest BCUT2D eigenvalue weighted by Gasteiger charge is 2.42. The molecule has 1 heterocycles. The molecule has 2 aliphatic rings. The number of ether oxygens (including phenoxy) is 1. The molecule has 1 aliphatic carbocycles. The van der Waals surface area contributed by atoms with Gasteiger partial charge >= 0.3 is 0 Å². The lowest BCUT2D eigenvalue weighted by molar-refractivity contribution is 0.129. The number of nitrogens with two attached hydrogens (primary N) is 1. The second-order valence-corrected chi connectivity index (χ2v) is 5.80. The smallest absolute Gasteiger partial charge is 0.0510 e. The maximum absolute atomic E-state index is 5.75. The summed E-state index contributed by atoms with van der Waals surface area (Å²) in [4.78, 5) is 0. The molecule has 3 N–H and O–H groups in total. The van der Waals surface area contributed by atoms with Crippen molar-refractivity contribution in [3.05, 3.63) is 0 Å². The molecule has 0 aromatic carbocycles. The van der Waals surface area contributed by atoms with Crippen LogP contribution in [0.1, 0.15) is 39.5 Å². The van der Waals surface area contributed by atoms with Crippen molar-refractivity contribution in [2.24, 2.45) is 23.1 Å². The largest absolute Gasteiger partial charge is 0.381 e. The minimum atomic E-state index is 0.444. The highest BCUT2D eigenvalue weighted by molar-refractivity contribution is 4.95. The number of rotatable bonds is 3. The third-order valence-corrected chi connectivity index (χ3v) is 4.44. The fraction of sp³-hybridized carbons (Fsp3) is 1.00. The summed E-state index contributed by atoms with van der Waals surface area (Å²) < 4.78 is 5.47. The zero-order valence-electron chi connectivity index (χ0n) is 9.96. The second-order valence-electron chi connectivity index (χ2n) is 5.80. The Hall–Kier alpha value is -0.120. The van der Waals surface area contributed by atoms with E-state index in [0.717, 1.165) is 13.2 Å². The van der Waals surface area contributed by atoms with Gasteiger partial charge in [0.2, 0.25) is 0 Å². The Balaban J connectivity index is 2.05. The van der Waals surface area contributed by atoms with E-state index in [2.05, 4.69) is 19.3 Å². The van der Waals surface area contributed by atoms with Crippen molar-refractivity contribution in [2.45, 2.75) is 45.6 Å². The Morgan fingerprint density at radius 1 is 1.40 bits per heavy atom. The predicted octanol–water partition coefficient (Wildman–Crippen LogP) is 1.68. The van der Waals surface area contributed by atoms with E-state index < -0.39 is 0 Å². The Morgan fingerprint density at radius 3 is 2.67 bits per heavy atom. The van der Waals surface area contributed by atoms with E-state index in [0.29, 0.717) is 23.3 Å². The molecule has 1 saturated carbocycles. The highest BCUT2D eigenvalue weighted by atomic mass is 16.5. The summed E-state index contributed by atoms with van der Waals surface area (Å²) in [5, 5.41) is 0. The summed E-state index contributed by atoms with van der Waals surface area (Å²) in [6.07, 6.45) is 5.17. The molecular formula is C12H24N2O. The van der Waals surface area contributed by atoms with Crippen LogP contribution in [0, 0.1) is 17.3 Å². The van der Waals surface area contributed by atoms with Gasteiger partial charge in [0.05, 0.1) is 6.61 Å². The van der Waals surface area contributed by atoms with Crippen molar-refractivity contribution < 1.29 is 4.74 Å². The van der Waals surface area contributed by atoms with Crippen LogP contribution in [0.5, 0.6) is 0 Å². The van der Waals surface area contributed by atoms with Crippen LogP contribution < -0.4 is 11.3 Å². The van der Waals surface area contributed by atoms with Crippen LogP contribution in [-0.4, -0.2) is 19.3 Å².